The van der Waals surface area contributed by atoms with Crippen molar-refractivity contribution in [2.24, 2.45) is 0 Å². The quantitative estimate of drug-likeness (QED) is 0.742. The molecule has 1 heterocycles. The van der Waals surface area contributed by atoms with Crippen molar-refractivity contribution >= 4 is 22.5 Å². The van der Waals surface area contributed by atoms with Crippen molar-refractivity contribution < 1.29 is 19.0 Å². The van der Waals surface area contributed by atoms with Gasteiger partial charge >= 0.3 is 0 Å². The number of hydrogen-bond acceptors (Lipinski definition) is 4. The molecule has 25 heavy (non-hydrogen) atoms. The van der Waals surface area contributed by atoms with Crippen LogP contribution in [0.5, 0.6) is 17.2 Å². The zero-order valence-electron chi connectivity index (χ0n) is 14.6. The molecule has 0 aliphatic heterocycles. The third-order valence-electron chi connectivity index (χ3n) is 4.15. The van der Waals surface area contributed by atoms with Gasteiger partial charge in [0, 0.05) is 23.0 Å². The highest BCUT2D eigenvalue weighted by Crippen LogP contribution is 2.30. The van der Waals surface area contributed by atoms with Crippen LogP contribution >= 0.6 is 0 Å². The van der Waals surface area contributed by atoms with Crippen LogP contribution in [-0.4, -0.2) is 32.2 Å². The van der Waals surface area contributed by atoms with E-state index in [9.17, 15) is 4.79 Å². The lowest BCUT2D eigenvalue weighted by atomic mass is 10.1. The molecule has 2 aromatic carbocycles. The van der Waals surface area contributed by atoms with Crippen LogP contribution in [0.1, 0.15) is 16.1 Å². The van der Waals surface area contributed by atoms with Gasteiger partial charge in [-0.05, 0) is 36.8 Å². The van der Waals surface area contributed by atoms with Crippen LogP contribution in [0.15, 0.2) is 36.4 Å². The second-order valence-electron chi connectivity index (χ2n) is 5.56. The second-order valence-corrected chi connectivity index (χ2v) is 5.56. The van der Waals surface area contributed by atoms with Crippen LogP contribution in [0.3, 0.4) is 0 Å². The van der Waals surface area contributed by atoms with Crippen LogP contribution < -0.4 is 19.5 Å². The number of rotatable bonds is 5. The summed E-state index contributed by atoms with van der Waals surface area (Å²) in [6.07, 6.45) is 0. The van der Waals surface area contributed by atoms with E-state index in [-0.39, 0.29) is 5.91 Å². The fourth-order valence-corrected chi connectivity index (χ4v) is 2.76. The minimum Gasteiger partial charge on any atom is -0.497 e. The Kier molecular flexibility index (Phi) is 4.52. The predicted octanol–water partition coefficient (Wildman–Crippen LogP) is 3.75. The third kappa shape index (κ3) is 3.10. The van der Waals surface area contributed by atoms with Crippen molar-refractivity contribution in [3.63, 3.8) is 0 Å². The molecule has 1 aromatic heterocycles. The number of benzene rings is 2. The number of carbonyl (C=O) groups excluding carboxylic acids is 1. The van der Waals surface area contributed by atoms with Gasteiger partial charge in [0.25, 0.3) is 5.91 Å². The number of aromatic amines is 1. The highest BCUT2D eigenvalue weighted by atomic mass is 16.5. The van der Waals surface area contributed by atoms with Crippen molar-refractivity contribution in [2.75, 3.05) is 26.6 Å². The molecular formula is C19H20N2O4. The zero-order valence-corrected chi connectivity index (χ0v) is 14.6. The first-order valence-corrected chi connectivity index (χ1v) is 7.77. The maximum absolute atomic E-state index is 12.7. The summed E-state index contributed by atoms with van der Waals surface area (Å²) in [5.74, 6) is 1.68. The standard InChI is InChI=1S/C19H20N2O4/c1-11-14-7-5-12(23-2)9-16(14)20-18(11)19(22)21-15-8-6-13(24-3)10-17(15)25-4/h5-10,20H,1-4H3,(H,21,22). The summed E-state index contributed by atoms with van der Waals surface area (Å²) >= 11 is 0. The van der Waals surface area contributed by atoms with E-state index in [4.69, 9.17) is 14.2 Å². The van der Waals surface area contributed by atoms with E-state index in [0.717, 1.165) is 22.2 Å². The normalized spacial score (nSPS) is 10.6. The molecule has 0 aliphatic rings. The van der Waals surface area contributed by atoms with Crippen LogP contribution in [0.4, 0.5) is 5.69 Å². The van der Waals surface area contributed by atoms with Crippen LogP contribution in [0, 0.1) is 6.92 Å². The van der Waals surface area contributed by atoms with Gasteiger partial charge in [-0.25, -0.2) is 0 Å². The lowest BCUT2D eigenvalue weighted by molar-refractivity contribution is 0.102. The summed E-state index contributed by atoms with van der Waals surface area (Å²) in [5, 5.41) is 3.86. The molecule has 0 saturated heterocycles. The number of ether oxygens (including phenoxy) is 3. The first kappa shape index (κ1) is 16.7. The Morgan fingerprint density at radius 1 is 0.960 bits per heavy atom. The highest BCUT2D eigenvalue weighted by molar-refractivity contribution is 6.08. The Bertz CT molecular complexity index is 931. The van der Waals surface area contributed by atoms with Crippen molar-refractivity contribution in [3.8, 4) is 17.2 Å². The molecule has 0 bridgehead atoms. The van der Waals surface area contributed by atoms with Crippen molar-refractivity contribution in [3.05, 3.63) is 47.7 Å². The Labute approximate surface area is 145 Å². The Morgan fingerprint density at radius 3 is 2.32 bits per heavy atom. The Morgan fingerprint density at radius 2 is 1.64 bits per heavy atom. The van der Waals surface area contributed by atoms with Gasteiger partial charge in [0.05, 0.1) is 27.0 Å². The lowest BCUT2D eigenvalue weighted by Gasteiger charge is -2.11. The molecule has 0 atom stereocenters. The number of carbonyl (C=O) groups is 1. The minimum absolute atomic E-state index is 0.240. The highest BCUT2D eigenvalue weighted by Gasteiger charge is 2.17. The van der Waals surface area contributed by atoms with Crippen molar-refractivity contribution in [2.45, 2.75) is 6.92 Å². The molecule has 0 unspecified atom stereocenters. The molecule has 0 fully saturated rings. The van der Waals surface area contributed by atoms with Gasteiger partial charge in [0.2, 0.25) is 0 Å². The van der Waals surface area contributed by atoms with Gasteiger partial charge in [0.15, 0.2) is 0 Å². The van der Waals surface area contributed by atoms with Gasteiger partial charge in [-0.3, -0.25) is 4.79 Å². The first-order chi connectivity index (χ1) is 12.1. The summed E-state index contributed by atoms with van der Waals surface area (Å²) in [6.45, 7) is 1.91. The first-order valence-electron chi connectivity index (χ1n) is 7.77. The lowest BCUT2D eigenvalue weighted by Crippen LogP contribution is -2.14. The zero-order chi connectivity index (χ0) is 18.0. The summed E-state index contributed by atoms with van der Waals surface area (Å²) in [5.41, 5.74) is 2.80. The SMILES string of the molecule is COc1ccc(NC(=O)c2[nH]c3cc(OC)ccc3c2C)c(OC)c1. The smallest absolute Gasteiger partial charge is 0.272 e. The van der Waals surface area contributed by atoms with Crippen LogP contribution in [-0.2, 0) is 0 Å². The van der Waals surface area contributed by atoms with E-state index in [0.29, 0.717) is 22.9 Å². The third-order valence-corrected chi connectivity index (χ3v) is 4.15. The van der Waals surface area contributed by atoms with Gasteiger partial charge in [-0.2, -0.15) is 0 Å². The number of amides is 1. The second kappa shape index (κ2) is 6.76. The molecule has 6 nitrogen and oxygen atoms in total. The van der Waals surface area contributed by atoms with E-state index in [2.05, 4.69) is 10.3 Å². The molecule has 1 amide bonds. The Hall–Kier alpha value is -3.15. The van der Waals surface area contributed by atoms with E-state index >= 15 is 0 Å². The number of nitrogens with one attached hydrogen (secondary N) is 2. The number of hydrogen-bond donors (Lipinski definition) is 2. The molecule has 0 radical (unpaired) electrons. The summed E-state index contributed by atoms with van der Waals surface area (Å²) in [4.78, 5) is 15.9. The van der Waals surface area contributed by atoms with Gasteiger partial charge in [-0.15, -0.1) is 0 Å². The summed E-state index contributed by atoms with van der Waals surface area (Å²) < 4.78 is 15.7. The average Bonchev–Trinajstić information content (AvgIpc) is 2.98. The maximum atomic E-state index is 12.7. The molecule has 3 aromatic rings. The number of aromatic nitrogens is 1. The van der Waals surface area contributed by atoms with E-state index in [1.54, 1.807) is 39.5 Å². The van der Waals surface area contributed by atoms with Gasteiger partial charge in [0.1, 0.15) is 22.9 Å². The van der Waals surface area contributed by atoms with E-state index in [1.807, 2.05) is 25.1 Å². The average molecular weight is 340 g/mol. The molecule has 0 saturated carbocycles. The fourth-order valence-electron chi connectivity index (χ4n) is 2.76. The minimum atomic E-state index is -0.240. The topological polar surface area (TPSA) is 72.6 Å². The number of H-pyrrole nitrogens is 1. The molecule has 130 valence electrons. The number of fused-ring (bicyclic) bond motifs is 1. The van der Waals surface area contributed by atoms with Crippen LogP contribution in [0.2, 0.25) is 0 Å². The predicted molar refractivity (Wildman–Crippen MR) is 97.1 cm³/mol. The van der Waals surface area contributed by atoms with Crippen LogP contribution in [0.25, 0.3) is 10.9 Å². The largest absolute Gasteiger partial charge is 0.497 e. The molecule has 0 aliphatic carbocycles. The number of methoxy groups -OCH3 is 3. The summed E-state index contributed by atoms with van der Waals surface area (Å²) in [7, 11) is 4.74. The molecule has 6 heteroatoms. The van der Waals surface area contributed by atoms with Crippen molar-refractivity contribution in [1.29, 1.82) is 0 Å². The molecular weight excluding hydrogens is 320 g/mol. The Balaban J connectivity index is 1.94. The monoisotopic (exact) mass is 340 g/mol. The van der Waals surface area contributed by atoms with Crippen molar-refractivity contribution in [1.82, 2.24) is 4.98 Å². The maximum Gasteiger partial charge on any atom is 0.272 e. The molecule has 0 spiro atoms. The molecule has 3 rings (SSSR count). The fraction of sp³-hybridized carbons (Fsp3) is 0.211. The number of anilines is 1. The van der Waals surface area contributed by atoms with E-state index in [1.165, 1.54) is 0 Å². The molecule has 2 N–H and O–H groups in total. The van der Waals surface area contributed by atoms with Gasteiger partial charge < -0.3 is 24.5 Å². The van der Waals surface area contributed by atoms with E-state index < -0.39 is 0 Å². The van der Waals surface area contributed by atoms with Gasteiger partial charge in [-0.1, -0.05) is 0 Å². The summed E-state index contributed by atoms with van der Waals surface area (Å²) in [6, 6.07) is 10.9. The number of aryl methyl sites for hydroxylation is 1.